The SMILES string of the molecule is C[C@@H]1[C@@H](OC(=O)C(C)(C)c2cccnc2)C[C@H]2C[C@@H]1C2(C)C. The zero-order valence-corrected chi connectivity index (χ0v) is 14.3. The van der Waals surface area contributed by atoms with Crippen LogP contribution in [0.25, 0.3) is 0 Å². The number of fused-ring (bicyclic) bond motifs is 2. The van der Waals surface area contributed by atoms with Crippen LogP contribution in [0.5, 0.6) is 0 Å². The standard InChI is InChI=1S/C19H27NO2/c1-12-15-9-14(18(15,2)3)10-16(12)22-17(21)19(4,5)13-7-6-8-20-11-13/h6-8,11-12,14-16H,9-10H2,1-5H3/t12-,14+,15-,16-/m0/s1. The van der Waals surface area contributed by atoms with Gasteiger partial charge >= 0.3 is 5.97 Å². The lowest BCUT2D eigenvalue weighted by Crippen LogP contribution is -2.58. The Labute approximate surface area is 133 Å². The van der Waals surface area contributed by atoms with Crippen molar-refractivity contribution in [1.82, 2.24) is 4.98 Å². The monoisotopic (exact) mass is 301 g/mol. The molecule has 22 heavy (non-hydrogen) atoms. The fourth-order valence-electron chi connectivity index (χ4n) is 4.39. The van der Waals surface area contributed by atoms with Gasteiger partial charge in [-0.15, -0.1) is 0 Å². The molecule has 3 aliphatic rings. The number of aromatic nitrogens is 1. The van der Waals surface area contributed by atoms with Gasteiger partial charge in [0.1, 0.15) is 6.10 Å². The Balaban J connectivity index is 1.70. The molecule has 3 fully saturated rings. The van der Waals surface area contributed by atoms with Gasteiger partial charge in [-0.3, -0.25) is 9.78 Å². The molecular formula is C19H27NO2. The first-order chi connectivity index (χ1) is 10.2. The Kier molecular flexibility index (Phi) is 3.58. The van der Waals surface area contributed by atoms with Gasteiger partial charge in [0.05, 0.1) is 5.41 Å². The van der Waals surface area contributed by atoms with E-state index in [1.807, 2.05) is 26.0 Å². The van der Waals surface area contributed by atoms with Crippen molar-refractivity contribution in [3.63, 3.8) is 0 Å². The van der Waals surface area contributed by atoms with E-state index in [-0.39, 0.29) is 12.1 Å². The molecule has 0 amide bonds. The van der Waals surface area contributed by atoms with Crippen LogP contribution >= 0.6 is 0 Å². The van der Waals surface area contributed by atoms with E-state index in [1.54, 1.807) is 12.4 Å². The molecular weight excluding hydrogens is 274 g/mol. The van der Waals surface area contributed by atoms with Gasteiger partial charge in [-0.1, -0.05) is 26.8 Å². The van der Waals surface area contributed by atoms with Crippen LogP contribution in [-0.4, -0.2) is 17.1 Å². The summed E-state index contributed by atoms with van der Waals surface area (Å²) < 4.78 is 5.95. The van der Waals surface area contributed by atoms with E-state index in [0.29, 0.717) is 23.2 Å². The zero-order valence-electron chi connectivity index (χ0n) is 14.3. The molecule has 2 bridgehead atoms. The molecule has 1 aromatic heterocycles. The van der Waals surface area contributed by atoms with E-state index in [4.69, 9.17) is 4.74 Å². The predicted octanol–water partition coefficient (Wildman–Crippen LogP) is 3.97. The summed E-state index contributed by atoms with van der Waals surface area (Å²) in [6.07, 6.45) is 5.86. The molecule has 0 N–H and O–H groups in total. The van der Waals surface area contributed by atoms with Crippen LogP contribution in [-0.2, 0) is 14.9 Å². The van der Waals surface area contributed by atoms with Crippen LogP contribution in [0.3, 0.4) is 0 Å². The van der Waals surface area contributed by atoms with E-state index in [1.165, 1.54) is 6.42 Å². The molecule has 4 atom stereocenters. The first-order valence-corrected chi connectivity index (χ1v) is 8.36. The highest BCUT2D eigenvalue weighted by molar-refractivity contribution is 5.82. The summed E-state index contributed by atoms with van der Waals surface area (Å²) >= 11 is 0. The topological polar surface area (TPSA) is 39.2 Å². The molecule has 3 nitrogen and oxygen atoms in total. The van der Waals surface area contributed by atoms with Crippen molar-refractivity contribution in [2.75, 3.05) is 0 Å². The highest BCUT2D eigenvalue weighted by Crippen LogP contribution is 2.61. The van der Waals surface area contributed by atoms with Crippen LogP contribution < -0.4 is 0 Å². The van der Waals surface area contributed by atoms with Crippen molar-refractivity contribution in [3.05, 3.63) is 30.1 Å². The molecule has 0 saturated heterocycles. The van der Waals surface area contributed by atoms with E-state index in [9.17, 15) is 4.79 Å². The third kappa shape index (κ3) is 2.26. The van der Waals surface area contributed by atoms with E-state index >= 15 is 0 Å². The Morgan fingerprint density at radius 3 is 2.64 bits per heavy atom. The van der Waals surface area contributed by atoms with Gasteiger partial charge in [0.15, 0.2) is 0 Å². The second-order valence-corrected chi connectivity index (χ2v) is 8.27. The number of rotatable bonds is 3. The van der Waals surface area contributed by atoms with Crippen LogP contribution in [0.1, 0.15) is 53.0 Å². The summed E-state index contributed by atoms with van der Waals surface area (Å²) in [5.41, 5.74) is 0.681. The van der Waals surface area contributed by atoms with Crippen molar-refractivity contribution in [2.24, 2.45) is 23.2 Å². The largest absolute Gasteiger partial charge is 0.461 e. The lowest BCUT2D eigenvalue weighted by Gasteiger charge is -2.61. The van der Waals surface area contributed by atoms with Gasteiger partial charge < -0.3 is 4.74 Å². The molecule has 0 unspecified atom stereocenters. The molecule has 120 valence electrons. The lowest BCUT2D eigenvalue weighted by molar-refractivity contribution is -0.190. The number of nitrogens with zero attached hydrogens (tertiary/aromatic N) is 1. The molecule has 3 aliphatic carbocycles. The van der Waals surface area contributed by atoms with Crippen LogP contribution in [0, 0.1) is 23.2 Å². The van der Waals surface area contributed by atoms with Crippen molar-refractivity contribution in [1.29, 1.82) is 0 Å². The van der Waals surface area contributed by atoms with Gasteiger partial charge in [0, 0.05) is 12.4 Å². The summed E-state index contributed by atoms with van der Waals surface area (Å²) in [7, 11) is 0. The zero-order chi connectivity index (χ0) is 16.1. The molecule has 3 heteroatoms. The van der Waals surface area contributed by atoms with Crippen molar-refractivity contribution in [3.8, 4) is 0 Å². The Hall–Kier alpha value is -1.38. The van der Waals surface area contributed by atoms with Gasteiger partial charge in [-0.05, 0) is 61.5 Å². The molecule has 1 heterocycles. The first-order valence-electron chi connectivity index (χ1n) is 8.36. The number of ether oxygens (including phenoxy) is 1. The third-order valence-electron chi connectivity index (χ3n) is 6.44. The summed E-state index contributed by atoms with van der Waals surface area (Å²) in [4.78, 5) is 16.8. The van der Waals surface area contributed by atoms with E-state index in [0.717, 1.165) is 12.0 Å². The Morgan fingerprint density at radius 2 is 2.09 bits per heavy atom. The van der Waals surface area contributed by atoms with E-state index in [2.05, 4.69) is 25.8 Å². The average molecular weight is 301 g/mol. The maximum atomic E-state index is 12.7. The first kappa shape index (κ1) is 15.5. The van der Waals surface area contributed by atoms with Gasteiger partial charge in [-0.25, -0.2) is 0 Å². The Bertz CT molecular complexity index is 564. The summed E-state index contributed by atoms with van der Waals surface area (Å²) in [5, 5.41) is 0. The van der Waals surface area contributed by atoms with Crippen LogP contribution in [0.4, 0.5) is 0 Å². The van der Waals surface area contributed by atoms with Gasteiger partial charge in [0.25, 0.3) is 0 Å². The summed E-state index contributed by atoms with van der Waals surface area (Å²) in [6, 6.07) is 3.81. The second kappa shape index (κ2) is 5.07. The van der Waals surface area contributed by atoms with E-state index < -0.39 is 5.41 Å². The quantitative estimate of drug-likeness (QED) is 0.793. The second-order valence-electron chi connectivity index (χ2n) is 8.27. The number of carbonyl (C=O) groups excluding carboxylic acids is 1. The smallest absolute Gasteiger partial charge is 0.316 e. The molecule has 0 spiro atoms. The predicted molar refractivity (Wildman–Crippen MR) is 86.3 cm³/mol. The van der Waals surface area contributed by atoms with Crippen molar-refractivity contribution < 1.29 is 9.53 Å². The van der Waals surface area contributed by atoms with Crippen molar-refractivity contribution >= 4 is 5.97 Å². The number of pyridine rings is 1. The minimum absolute atomic E-state index is 0.0696. The number of hydrogen-bond acceptors (Lipinski definition) is 3. The minimum atomic E-state index is -0.648. The average Bonchev–Trinajstić information content (AvgIpc) is 2.49. The Morgan fingerprint density at radius 1 is 1.36 bits per heavy atom. The van der Waals surface area contributed by atoms with Crippen LogP contribution in [0.2, 0.25) is 0 Å². The number of esters is 1. The van der Waals surface area contributed by atoms with Crippen molar-refractivity contribution in [2.45, 2.75) is 59.0 Å². The number of hydrogen-bond donors (Lipinski definition) is 0. The van der Waals surface area contributed by atoms with Gasteiger partial charge in [-0.2, -0.15) is 0 Å². The molecule has 0 aliphatic heterocycles. The molecule has 1 aromatic rings. The minimum Gasteiger partial charge on any atom is -0.461 e. The molecule has 0 aromatic carbocycles. The molecule has 4 rings (SSSR count). The third-order valence-corrected chi connectivity index (χ3v) is 6.44. The fraction of sp³-hybridized carbons (Fsp3) is 0.684. The van der Waals surface area contributed by atoms with Gasteiger partial charge in [0.2, 0.25) is 0 Å². The summed E-state index contributed by atoms with van der Waals surface area (Å²) in [5.74, 6) is 1.71. The summed E-state index contributed by atoms with van der Waals surface area (Å²) in [6.45, 7) is 10.8. The maximum absolute atomic E-state index is 12.7. The lowest BCUT2D eigenvalue weighted by atomic mass is 9.45. The highest BCUT2D eigenvalue weighted by Gasteiger charge is 2.57. The fourth-order valence-corrected chi connectivity index (χ4v) is 4.39. The number of carbonyl (C=O) groups is 1. The highest BCUT2D eigenvalue weighted by atomic mass is 16.5. The maximum Gasteiger partial charge on any atom is 0.316 e. The molecule has 0 radical (unpaired) electrons. The van der Waals surface area contributed by atoms with Crippen LogP contribution in [0.15, 0.2) is 24.5 Å². The molecule has 3 saturated carbocycles. The normalized spacial score (nSPS) is 33.0.